The van der Waals surface area contributed by atoms with E-state index in [0.29, 0.717) is 5.56 Å². The monoisotopic (exact) mass is 256 g/mol. The highest BCUT2D eigenvalue weighted by atomic mass is 35.5. The molecule has 0 radical (unpaired) electrons. The molecule has 0 fully saturated rings. The predicted octanol–water partition coefficient (Wildman–Crippen LogP) is 4.51. The third-order valence-corrected chi connectivity index (χ3v) is 2.85. The molecule has 0 aliphatic carbocycles. The minimum atomic E-state index is -0.672. The van der Waals surface area contributed by atoms with Gasteiger partial charge < -0.3 is 5.11 Å². The molecule has 2 aromatic carbocycles. The van der Waals surface area contributed by atoms with Gasteiger partial charge in [0.25, 0.3) is 0 Å². The molecule has 0 saturated heterocycles. The summed E-state index contributed by atoms with van der Waals surface area (Å²) in [4.78, 5) is 0. The van der Waals surface area contributed by atoms with Crippen LogP contribution in [0.3, 0.4) is 0 Å². The number of phenolic OH excluding ortho intramolecular Hbond substituents is 1. The number of halogens is 3. The zero-order chi connectivity index (χ0) is 11.7. The number of aromatic hydroxyl groups is 1. The Kier molecular flexibility index (Phi) is 3.03. The molecule has 1 nitrogen and oxygen atoms in total. The van der Waals surface area contributed by atoms with Gasteiger partial charge in [-0.3, -0.25) is 0 Å². The zero-order valence-corrected chi connectivity index (χ0v) is 9.56. The smallest absolute Gasteiger partial charge is 0.155 e. The summed E-state index contributed by atoms with van der Waals surface area (Å²) >= 11 is 11.4. The van der Waals surface area contributed by atoms with Gasteiger partial charge in [0.2, 0.25) is 0 Å². The summed E-state index contributed by atoms with van der Waals surface area (Å²) in [6.07, 6.45) is 0. The quantitative estimate of drug-likeness (QED) is 0.745. The summed E-state index contributed by atoms with van der Waals surface area (Å²) in [5.74, 6) is -1.10. The number of benzene rings is 2. The highest BCUT2D eigenvalue weighted by molar-refractivity contribution is 6.37. The minimum absolute atomic E-state index is 0.0326. The Morgan fingerprint density at radius 1 is 1.06 bits per heavy atom. The molecule has 82 valence electrons. The van der Waals surface area contributed by atoms with Gasteiger partial charge in [-0.05, 0) is 11.6 Å². The van der Waals surface area contributed by atoms with E-state index in [1.54, 1.807) is 24.3 Å². The number of hydrogen-bond donors (Lipinski definition) is 1. The standard InChI is InChI=1S/C12H7Cl2FO/c13-9-6-8(7-4-2-1-3-5-7)11(15)10(14)12(9)16/h1-6,16H. The van der Waals surface area contributed by atoms with Crippen LogP contribution in [0.5, 0.6) is 5.75 Å². The molecule has 0 aliphatic rings. The first-order valence-electron chi connectivity index (χ1n) is 4.53. The zero-order valence-electron chi connectivity index (χ0n) is 8.05. The van der Waals surface area contributed by atoms with Crippen molar-refractivity contribution in [2.24, 2.45) is 0 Å². The Labute approximate surface area is 102 Å². The Bertz CT molecular complexity index is 526. The molecule has 0 spiro atoms. The van der Waals surface area contributed by atoms with Gasteiger partial charge in [0.1, 0.15) is 5.02 Å². The second-order valence-electron chi connectivity index (χ2n) is 3.25. The van der Waals surface area contributed by atoms with E-state index in [4.69, 9.17) is 23.2 Å². The largest absolute Gasteiger partial charge is 0.505 e. The van der Waals surface area contributed by atoms with Gasteiger partial charge in [-0.2, -0.15) is 0 Å². The maximum atomic E-state index is 13.8. The topological polar surface area (TPSA) is 20.2 Å². The number of rotatable bonds is 1. The summed E-state index contributed by atoms with van der Waals surface area (Å²) < 4.78 is 13.8. The van der Waals surface area contributed by atoms with Crippen LogP contribution in [0.2, 0.25) is 10.0 Å². The first kappa shape index (κ1) is 11.2. The average Bonchev–Trinajstić information content (AvgIpc) is 2.32. The summed E-state index contributed by atoms with van der Waals surface area (Å²) in [5, 5.41) is 9.03. The lowest BCUT2D eigenvalue weighted by molar-refractivity contribution is 0.470. The van der Waals surface area contributed by atoms with E-state index in [1.807, 2.05) is 6.07 Å². The second kappa shape index (κ2) is 4.32. The molecule has 0 saturated carbocycles. The summed E-state index contributed by atoms with van der Waals surface area (Å²) in [5.41, 5.74) is 0.928. The Morgan fingerprint density at radius 3 is 2.31 bits per heavy atom. The molecular weight excluding hydrogens is 250 g/mol. The van der Waals surface area contributed by atoms with Crippen molar-refractivity contribution in [2.75, 3.05) is 0 Å². The fourth-order valence-corrected chi connectivity index (χ4v) is 1.87. The maximum absolute atomic E-state index is 13.8. The summed E-state index contributed by atoms with van der Waals surface area (Å²) in [6.45, 7) is 0. The van der Waals surface area contributed by atoms with Crippen molar-refractivity contribution in [3.05, 3.63) is 52.3 Å². The van der Waals surface area contributed by atoms with Crippen LogP contribution in [0.15, 0.2) is 36.4 Å². The van der Waals surface area contributed by atoms with Crippen molar-refractivity contribution < 1.29 is 9.50 Å². The number of phenols is 1. The Morgan fingerprint density at radius 2 is 1.69 bits per heavy atom. The van der Waals surface area contributed by atoms with Crippen LogP contribution < -0.4 is 0 Å². The van der Waals surface area contributed by atoms with E-state index >= 15 is 0 Å². The fourth-order valence-electron chi connectivity index (χ4n) is 1.41. The molecule has 0 heterocycles. The lowest BCUT2D eigenvalue weighted by atomic mass is 10.1. The first-order chi connectivity index (χ1) is 7.61. The molecule has 0 bridgehead atoms. The molecule has 0 atom stereocenters. The summed E-state index contributed by atoms with van der Waals surface area (Å²) in [7, 11) is 0. The van der Waals surface area contributed by atoms with Crippen LogP contribution >= 0.6 is 23.2 Å². The van der Waals surface area contributed by atoms with E-state index < -0.39 is 11.6 Å². The van der Waals surface area contributed by atoms with E-state index in [9.17, 15) is 9.50 Å². The number of hydrogen-bond acceptors (Lipinski definition) is 1. The van der Waals surface area contributed by atoms with Gasteiger partial charge in [0.15, 0.2) is 11.6 Å². The van der Waals surface area contributed by atoms with Crippen LogP contribution in [-0.4, -0.2) is 5.11 Å². The highest BCUT2D eigenvalue weighted by Gasteiger charge is 2.16. The summed E-state index contributed by atoms with van der Waals surface area (Å²) in [6, 6.07) is 10.2. The molecule has 16 heavy (non-hydrogen) atoms. The second-order valence-corrected chi connectivity index (χ2v) is 4.03. The molecule has 0 amide bonds. The Hall–Kier alpha value is -1.25. The van der Waals surface area contributed by atoms with Crippen LogP contribution in [0.4, 0.5) is 4.39 Å². The first-order valence-corrected chi connectivity index (χ1v) is 5.28. The van der Waals surface area contributed by atoms with Gasteiger partial charge in [0.05, 0.1) is 5.02 Å². The molecule has 1 N–H and O–H groups in total. The third-order valence-electron chi connectivity index (χ3n) is 2.22. The molecule has 2 rings (SSSR count). The van der Waals surface area contributed by atoms with Crippen LogP contribution in [0.1, 0.15) is 0 Å². The van der Waals surface area contributed by atoms with Crippen molar-refractivity contribution in [1.82, 2.24) is 0 Å². The van der Waals surface area contributed by atoms with Crippen molar-refractivity contribution >= 4 is 23.2 Å². The molecular formula is C12H7Cl2FO. The van der Waals surface area contributed by atoms with Gasteiger partial charge in [-0.1, -0.05) is 53.5 Å². The molecule has 0 aliphatic heterocycles. The Balaban J connectivity index is 2.68. The van der Waals surface area contributed by atoms with Crippen molar-refractivity contribution in [3.63, 3.8) is 0 Å². The average molecular weight is 257 g/mol. The van der Waals surface area contributed by atoms with Crippen LogP contribution in [-0.2, 0) is 0 Å². The predicted molar refractivity (Wildman–Crippen MR) is 63.5 cm³/mol. The molecule has 4 heteroatoms. The van der Waals surface area contributed by atoms with Crippen molar-refractivity contribution in [1.29, 1.82) is 0 Å². The van der Waals surface area contributed by atoms with E-state index in [-0.39, 0.29) is 15.6 Å². The van der Waals surface area contributed by atoms with E-state index in [1.165, 1.54) is 6.07 Å². The highest BCUT2D eigenvalue weighted by Crippen LogP contribution is 2.39. The van der Waals surface area contributed by atoms with Crippen LogP contribution in [0.25, 0.3) is 11.1 Å². The van der Waals surface area contributed by atoms with Crippen molar-refractivity contribution in [2.45, 2.75) is 0 Å². The van der Waals surface area contributed by atoms with Gasteiger partial charge >= 0.3 is 0 Å². The van der Waals surface area contributed by atoms with Gasteiger partial charge in [-0.25, -0.2) is 4.39 Å². The fraction of sp³-hybridized carbons (Fsp3) is 0. The lowest BCUT2D eigenvalue weighted by Crippen LogP contribution is -1.87. The maximum Gasteiger partial charge on any atom is 0.155 e. The molecule has 0 unspecified atom stereocenters. The normalized spacial score (nSPS) is 10.4. The SMILES string of the molecule is Oc1c(Cl)cc(-c2ccccc2)c(F)c1Cl. The van der Waals surface area contributed by atoms with Crippen molar-refractivity contribution in [3.8, 4) is 16.9 Å². The van der Waals surface area contributed by atoms with Gasteiger partial charge in [0, 0.05) is 5.56 Å². The van der Waals surface area contributed by atoms with E-state index in [0.717, 1.165) is 0 Å². The van der Waals surface area contributed by atoms with E-state index in [2.05, 4.69) is 0 Å². The van der Waals surface area contributed by atoms with Crippen LogP contribution in [0, 0.1) is 5.82 Å². The third kappa shape index (κ3) is 1.86. The molecule has 2 aromatic rings. The lowest BCUT2D eigenvalue weighted by Gasteiger charge is -2.08. The van der Waals surface area contributed by atoms with Gasteiger partial charge in [-0.15, -0.1) is 0 Å². The minimum Gasteiger partial charge on any atom is -0.505 e. The molecule has 0 aromatic heterocycles.